The molecule has 4 nitrogen and oxygen atoms in total. The highest BCUT2D eigenvalue weighted by molar-refractivity contribution is 5.41. The first-order valence-electron chi connectivity index (χ1n) is 5.64. The van der Waals surface area contributed by atoms with Gasteiger partial charge >= 0.3 is 0 Å². The molecule has 2 N–H and O–H groups in total. The van der Waals surface area contributed by atoms with Crippen molar-refractivity contribution in [1.29, 1.82) is 0 Å². The number of nitrogen functional groups attached to an aromatic ring is 1. The largest absolute Gasteiger partial charge is 0.393 e. The van der Waals surface area contributed by atoms with E-state index >= 15 is 0 Å². The van der Waals surface area contributed by atoms with Crippen LogP contribution in [0.2, 0.25) is 0 Å². The predicted molar refractivity (Wildman–Crippen MR) is 63.2 cm³/mol. The van der Waals surface area contributed by atoms with E-state index in [0.29, 0.717) is 5.69 Å². The van der Waals surface area contributed by atoms with Crippen LogP contribution in [-0.2, 0) is 13.0 Å². The zero-order chi connectivity index (χ0) is 11.6. The molecule has 15 heavy (non-hydrogen) atoms. The van der Waals surface area contributed by atoms with Crippen molar-refractivity contribution in [1.82, 2.24) is 9.36 Å². The van der Waals surface area contributed by atoms with E-state index in [9.17, 15) is 4.79 Å². The molecule has 0 atom stereocenters. The first-order valence-corrected chi connectivity index (χ1v) is 5.64. The third kappa shape index (κ3) is 1.94. The Balaban J connectivity index is 3.40. The van der Waals surface area contributed by atoms with Crippen molar-refractivity contribution < 1.29 is 0 Å². The van der Waals surface area contributed by atoms with Crippen molar-refractivity contribution in [3.63, 3.8) is 0 Å². The number of aromatic nitrogens is 2. The quantitative estimate of drug-likeness (QED) is 0.825. The van der Waals surface area contributed by atoms with E-state index in [1.165, 1.54) is 0 Å². The van der Waals surface area contributed by atoms with Crippen molar-refractivity contribution >= 4 is 5.69 Å². The van der Waals surface area contributed by atoms with E-state index < -0.39 is 0 Å². The average Bonchev–Trinajstić information content (AvgIpc) is 2.42. The molecule has 0 aliphatic carbocycles. The zero-order valence-electron chi connectivity index (χ0n) is 10.1. The van der Waals surface area contributed by atoms with E-state index in [1.54, 1.807) is 4.68 Å². The summed E-state index contributed by atoms with van der Waals surface area (Å²) in [7, 11) is 0. The van der Waals surface area contributed by atoms with Gasteiger partial charge in [0, 0.05) is 12.6 Å². The second-order valence-electron chi connectivity index (χ2n) is 4.07. The summed E-state index contributed by atoms with van der Waals surface area (Å²) in [5, 5.41) is 0. The Labute approximate surface area is 90.7 Å². The summed E-state index contributed by atoms with van der Waals surface area (Å²) in [6.07, 6.45) is 1.88. The SMILES string of the molecule is CCCc1c(N)c(=O)n(C(C)C)n1CC. The lowest BCUT2D eigenvalue weighted by Gasteiger charge is -2.15. The van der Waals surface area contributed by atoms with Crippen molar-refractivity contribution in [3.05, 3.63) is 16.0 Å². The maximum atomic E-state index is 11.9. The van der Waals surface area contributed by atoms with Gasteiger partial charge in [0.05, 0.1) is 5.69 Å². The minimum Gasteiger partial charge on any atom is -0.393 e. The van der Waals surface area contributed by atoms with Crippen LogP contribution in [0.4, 0.5) is 5.69 Å². The molecule has 0 saturated heterocycles. The third-order valence-corrected chi connectivity index (χ3v) is 2.60. The molecule has 1 aromatic heterocycles. The van der Waals surface area contributed by atoms with E-state index in [1.807, 2.05) is 25.5 Å². The Morgan fingerprint density at radius 2 is 1.93 bits per heavy atom. The van der Waals surface area contributed by atoms with Crippen molar-refractivity contribution in [2.24, 2.45) is 0 Å². The zero-order valence-corrected chi connectivity index (χ0v) is 10.1. The van der Waals surface area contributed by atoms with Gasteiger partial charge in [-0.1, -0.05) is 13.3 Å². The molecule has 0 radical (unpaired) electrons. The second-order valence-corrected chi connectivity index (χ2v) is 4.07. The molecule has 0 unspecified atom stereocenters. The molecule has 0 aromatic carbocycles. The van der Waals surface area contributed by atoms with Crippen LogP contribution in [0.3, 0.4) is 0 Å². The Morgan fingerprint density at radius 3 is 2.33 bits per heavy atom. The van der Waals surface area contributed by atoms with E-state index in [-0.39, 0.29) is 11.6 Å². The molecule has 0 aliphatic rings. The van der Waals surface area contributed by atoms with Gasteiger partial charge in [0.25, 0.3) is 5.56 Å². The summed E-state index contributed by atoms with van der Waals surface area (Å²) in [5.41, 5.74) is 7.21. The summed E-state index contributed by atoms with van der Waals surface area (Å²) in [6.45, 7) is 8.93. The van der Waals surface area contributed by atoms with Crippen LogP contribution in [0.1, 0.15) is 45.9 Å². The van der Waals surface area contributed by atoms with Crippen LogP contribution < -0.4 is 11.3 Å². The van der Waals surface area contributed by atoms with Crippen molar-refractivity contribution in [2.45, 2.75) is 53.1 Å². The molecule has 4 heteroatoms. The number of hydrogen-bond acceptors (Lipinski definition) is 2. The van der Waals surface area contributed by atoms with Gasteiger partial charge in [-0.3, -0.25) is 9.48 Å². The Morgan fingerprint density at radius 1 is 1.33 bits per heavy atom. The van der Waals surface area contributed by atoms with Crippen LogP contribution in [0.5, 0.6) is 0 Å². The minimum absolute atomic E-state index is 0.0460. The molecule has 1 aromatic rings. The maximum Gasteiger partial charge on any atom is 0.290 e. The molecule has 1 heterocycles. The lowest BCUT2D eigenvalue weighted by molar-refractivity contribution is 0.399. The number of nitrogens with zero attached hydrogens (tertiary/aromatic N) is 2. The lowest BCUT2D eigenvalue weighted by atomic mass is 10.2. The molecule has 0 amide bonds. The normalized spacial score (nSPS) is 11.3. The number of nitrogens with two attached hydrogens (primary N) is 1. The Bertz CT molecular complexity index is 387. The van der Waals surface area contributed by atoms with Crippen LogP contribution in [0.15, 0.2) is 4.79 Å². The second kappa shape index (κ2) is 4.55. The molecular weight excluding hydrogens is 190 g/mol. The van der Waals surface area contributed by atoms with Gasteiger partial charge in [-0.05, 0) is 27.2 Å². The predicted octanol–water partition coefficient (Wildman–Crippen LogP) is 1.79. The monoisotopic (exact) mass is 211 g/mol. The molecule has 0 fully saturated rings. The maximum absolute atomic E-state index is 11.9. The molecule has 86 valence electrons. The topological polar surface area (TPSA) is 53.0 Å². The van der Waals surface area contributed by atoms with Gasteiger partial charge in [-0.15, -0.1) is 0 Å². The highest BCUT2D eigenvalue weighted by Gasteiger charge is 2.17. The average molecular weight is 211 g/mol. The molecular formula is C11H21N3O. The Hall–Kier alpha value is -1.19. The third-order valence-electron chi connectivity index (χ3n) is 2.60. The molecule has 0 aliphatic heterocycles. The molecule has 0 saturated carbocycles. The highest BCUT2D eigenvalue weighted by Crippen LogP contribution is 2.14. The summed E-state index contributed by atoms with van der Waals surface area (Å²) < 4.78 is 3.76. The number of rotatable bonds is 4. The summed E-state index contributed by atoms with van der Waals surface area (Å²) in [6, 6.07) is 0.158. The van der Waals surface area contributed by atoms with Crippen molar-refractivity contribution in [2.75, 3.05) is 5.73 Å². The van der Waals surface area contributed by atoms with Gasteiger partial charge in [-0.2, -0.15) is 0 Å². The fourth-order valence-corrected chi connectivity index (χ4v) is 1.98. The lowest BCUT2D eigenvalue weighted by Crippen LogP contribution is -2.25. The van der Waals surface area contributed by atoms with Gasteiger partial charge < -0.3 is 5.73 Å². The van der Waals surface area contributed by atoms with Gasteiger partial charge in [0.2, 0.25) is 0 Å². The fraction of sp³-hybridized carbons (Fsp3) is 0.727. The van der Waals surface area contributed by atoms with Gasteiger partial charge in [0.1, 0.15) is 5.69 Å². The minimum atomic E-state index is -0.0460. The first kappa shape index (κ1) is 11.9. The number of anilines is 1. The molecule has 0 spiro atoms. The van der Waals surface area contributed by atoms with Crippen LogP contribution >= 0.6 is 0 Å². The summed E-state index contributed by atoms with van der Waals surface area (Å²) in [5.74, 6) is 0. The molecule has 1 rings (SSSR count). The summed E-state index contributed by atoms with van der Waals surface area (Å²) >= 11 is 0. The van der Waals surface area contributed by atoms with Crippen molar-refractivity contribution in [3.8, 4) is 0 Å². The van der Waals surface area contributed by atoms with Crippen LogP contribution in [-0.4, -0.2) is 9.36 Å². The van der Waals surface area contributed by atoms with Crippen LogP contribution in [0.25, 0.3) is 0 Å². The smallest absolute Gasteiger partial charge is 0.290 e. The first-order chi connectivity index (χ1) is 7.04. The highest BCUT2D eigenvalue weighted by atomic mass is 16.1. The van der Waals surface area contributed by atoms with E-state index in [0.717, 1.165) is 25.1 Å². The fourth-order valence-electron chi connectivity index (χ4n) is 1.98. The van der Waals surface area contributed by atoms with E-state index in [2.05, 4.69) is 6.92 Å². The molecule has 0 bridgehead atoms. The van der Waals surface area contributed by atoms with E-state index in [4.69, 9.17) is 5.73 Å². The van der Waals surface area contributed by atoms with Gasteiger partial charge in [0.15, 0.2) is 0 Å². The Kier molecular flexibility index (Phi) is 3.61. The summed E-state index contributed by atoms with van der Waals surface area (Å²) in [4.78, 5) is 11.9. The van der Waals surface area contributed by atoms with Gasteiger partial charge in [-0.25, -0.2) is 4.68 Å². The standard InChI is InChI=1S/C11H21N3O/c1-5-7-9-10(12)11(15)14(8(3)4)13(9)6-2/h8H,5-7,12H2,1-4H3. The number of hydrogen-bond donors (Lipinski definition) is 1. The van der Waals surface area contributed by atoms with Crippen LogP contribution in [0, 0.1) is 0 Å².